The number of rotatable bonds is 4. The second-order valence-corrected chi connectivity index (χ2v) is 7.28. The van der Waals surface area contributed by atoms with Gasteiger partial charge in [0.25, 0.3) is 0 Å². The third-order valence-corrected chi connectivity index (χ3v) is 5.59. The van der Waals surface area contributed by atoms with E-state index in [1.54, 1.807) is 0 Å². The summed E-state index contributed by atoms with van der Waals surface area (Å²) in [4.78, 5) is 2.57. The molecule has 24 heavy (non-hydrogen) atoms. The van der Waals surface area contributed by atoms with Gasteiger partial charge in [-0.05, 0) is 67.2 Å². The van der Waals surface area contributed by atoms with E-state index in [4.69, 9.17) is 22.1 Å². The van der Waals surface area contributed by atoms with Gasteiger partial charge >= 0.3 is 0 Å². The minimum Gasteiger partial charge on any atom is -0.484 e. The summed E-state index contributed by atoms with van der Waals surface area (Å²) in [5.74, 6) is 1.49. The van der Waals surface area contributed by atoms with E-state index in [0.717, 1.165) is 36.8 Å². The number of nitrogens with two attached hydrogens (primary N) is 1. The minimum atomic E-state index is 0.0684. The lowest BCUT2D eigenvalue weighted by Gasteiger charge is -2.30. The van der Waals surface area contributed by atoms with E-state index in [2.05, 4.69) is 29.2 Å². The zero-order chi connectivity index (χ0) is 16.5. The molecule has 2 aliphatic rings. The summed E-state index contributed by atoms with van der Waals surface area (Å²) in [5, 5.41) is 0.732. The fourth-order valence-corrected chi connectivity index (χ4v) is 4.14. The molecule has 0 radical (unpaired) electrons. The summed E-state index contributed by atoms with van der Waals surface area (Å²) in [7, 11) is 0. The highest BCUT2D eigenvalue weighted by Crippen LogP contribution is 2.39. The summed E-state index contributed by atoms with van der Waals surface area (Å²) >= 11 is 6.00. The Kier molecular flexibility index (Phi) is 4.49. The first-order chi connectivity index (χ1) is 11.7. The molecule has 4 rings (SSSR count). The van der Waals surface area contributed by atoms with E-state index in [-0.39, 0.29) is 6.10 Å². The van der Waals surface area contributed by atoms with Gasteiger partial charge in [-0.1, -0.05) is 35.9 Å². The zero-order valence-corrected chi connectivity index (χ0v) is 14.5. The minimum absolute atomic E-state index is 0.0684. The molecule has 3 nitrogen and oxygen atoms in total. The van der Waals surface area contributed by atoms with E-state index in [1.807, 2.05) is 24.3 Å². The number of ether oxygens (including phenoxy) is 1. The van der Waals surface area contributed by atoms with Crippen LogP contribution in [0.2, 0.25) is 5.02 Å². The SMILES string of the molecule is NCC1CCN(C2Cc3ccccc3C2Oc2ccc(Cl)cc2)C1. The molecule has 0 bridgehead atoms. The first-order valence-corrected chi connectivity index (χ1v) is 9.06. The topological polar surface area (TPSA) is 38.5 Å². The maximum absolute atomic E-state index is 6.42. The Labute approximate surface area is 148 Å². The molecule has 4 heteroatoms. The van der Waals surface area contributed by atoms with Crippen LogP contribution in [-0.2, 0) is 6.42 Å². The average molecular weight is 343 g/mol. The molecule has 0 saturated carbocycles. The Morgan fingerprint density at radius 3 is 2.67 bits per heavy atom. The lowest BCUT2D eigenvalue weighted by molar-refractivity contribution is 0.0917. The first kappa shape index (κ1) is 15.9. The molecule has 3 atom stereocenters. The van der Waals surface area contributed by atoms with E-state index < -0.39 is 0 Å². The summed E-state index contributed by atoms with van der Waals surface area (Å²) in [6.45, 7) is 2.97. The normalized spacial score (nSPS) is 26.5. The smallest absolute Gasteiger partial charge is 0.140 e. The summed E-state index contributed by atoms with van der Waals surface area (Å²) in [6, 6.07) is 16.7. The number of benzene rings is 2. The maximum Gasteiger partial charge on any atom is 0.140 e. The zero-order valence-electron chi connectivity index (χ0n) is 13.7. The second kappa shape index (κ2) is 6.75. The van der Waals surface area contributed by atoms with E-state index in [0.29, 0.717) is 12.0 Å². The van der Waals surface area contributed by atoms with Crippen molar-refractivity contribution >= 4 is 11.6 Å². The number of hydrogen-bond donors (Lipinski definition) is 1. The Morgan fingerprint density at radius 2 is 1.92 bits per heavy atom. The predicted octanol–water partition coefficient (Wildman–Crippen LogP) is 3.67. The number of hydrogen-bond acceptors (Lipinski definition) is 3. The Balaban J connectivity index is 1.60. The van der Waals surface area contributed by atoms with Crippen molar-refractivity contribution in [2.24, 2.45) is 11.7 Å². The van der Waals surface area contributed by atoms with Gasteiger partial charge in [0.2, 0.25) is 0 Å². The molecule has 126 valence electrons. The van der Waals surface area contributed by atoms with Gasteiger partial charge in [0.1, 0.15) is 11.9 Å². The van der Waals surface area contributed by atoms with Crippen molar-refractivity contribution in [1.82, 2.24) is 4.90 Å². The Bertz CT molecular complexity index is 703. The lowest BCUT2D eigenvalue weighted by atomic mass is 10.1. The van der Waals surface area contributed by atoms with Crippen molar-refractivity contribution in [3.63, 3.8) is 0 Å². The van der Waals surface area contributed by atoms with Gasteiger partial charge in [0.15, 0.2) is 0 Å². The number of likely N-dealkylation sites (tertiary alicyclic amines) is 1. The second-order valence-electron chi connectivity index (χ2n) is 6.85. The van der Waals surface area contributed by atoms with Crippen molar-refractivity contribution in [3.05, 3.63) is 64.7 Å². The van der Waals surface area contributed by atoms with Gasteiger partial charge in [-0.2, -0.15) is 0 Å². The summed E-state index contributed by atoms with van der Waals surface area (Å²) < 4.78 is 6.42. The molecule has 1 heterocycles. The molecular formula is C20H23ClN2O. The third-order valence-electron chi connectivity index (χ3n) is 5.34. The van der Waals surface area contributed by atoms with Crippen molar-refractivity contribution in [2.45, 2.75) is 25.0 Å². The van der Waals surface area contributed by atoms with Crippen molar-refractivity contribution < 1.29 is 4.74 Å². The van der Waals surface area contributed by atoms with Crippen LogP contribution >= 0.6 is 11.6 Å². The molecule has 2 aromatic carbocycles. The summed E-state index contributed by atoms with van der Waals surface area (Å²) in [6.07, 6.45) is 2.31. The van der Waals surface area contributed by atoms with Crippen LogP contribution in [0.25, 0.3) is 0 Å². The Morgan fingerprint density at radius 1 is 1.12 bits per heavy atom. The fourth-order valence-electron chi connectivity index (χ4n) is 4.02. The fraction of sp³-hybridized carbons (Fsp3) is 0.400. The highest BCUT2D eigenvalue weighted by atomic mass is 35.5. The first-order valence-electron chi connectivity index (χ1n) is 8.68. The van der Waals surface area contributed by atoms with Crippen LogP contribution in [0.4, 0.5) is 0 Å². The van der Waals surface area contributed by atoms with Crippen LogP contribution in [0.5, 0.6) is 5.75 Å². The average Bonchev–Trinajstić information content (AvgIpc) is 3.22. The van der Waals surface area contributed by atoms with Crippen LogP contribution < -0.4 is 10.5 Å². The van der Waals surface area contributed by atoms with Gasteiger partial charge in [-0.25, -0.2) is 0 Å². The molecule has 2 N–H and O–H groups in total. The highest BCUT2D eigenvalue weighted by molar-refractivity contribution is 6.30. The van der Waals surface area contributed by atoms with Crippen LogP contribution in [0.1, 0.15) is 23.7 Å². The molecule has 0 aromatic heterocycles. The van der Waals surface area contributed by atoms with Crippen molar-refractivity contribution in [2.75, 3.05) is 19.6 Å². The van der Waals surface area contributed by atoms with E-state index >= 15 is 0 Å². The molecule has 1 aliphatic heterocycles. The molecule has 0 spiro atoms. The van der Waals surface area contributed by atoms with Gasteiger partial charge in [-0.3, -0.25) is 4.90 Å². The molecular weight excluding hydrogens is 320 g/mol. The van der Waals surface area contributed by atoms with Crippen LogP contribution in [-0.4, -0.2) is 30.6 Å². The molecule has 0 amide bonds. The van der Waals surface area contributed by atoms with Crippen LogP contribution in [0, 0.1) is 5.92 Å². The van der Waals surface area contributed by atoms with Crippen molar-refractivity contribution in [3.8, 4) is 5.75 Å². The number of fused-ring (bicyclic) bond motifs is 1. The largest absolute Gasteiger partial charge is 0.484 e. The maximum atomic E-state index is 6.42. The predicted molar refractivity (Wildman–Crippen MR) is 97.5 cm³/mol. The molecule has 1 saturated heterocycles. The summed E-state index contributed by atoms with van der Waals surface area (Å²) in [5.41, 5.74) is 8.60. The lowest BCUT2D eigenvalue weighted by Crippen LogP contribution is -2.39. The molecule has 3 unspecified atom stereocenters. The molecule has 1 aliphatic carbocycles. The standard InChI is InChI=1S/C20H23ClN2O/c21-16-5-7-17(8-6-16)24-20-18-4-2-1-3-15(18)11-19(20)23-10-9-14(12-22)13-23/h1-8,14,19-20H,9-13,22H2. The van der Waals surface area contributed by atoms with Gasteiger partial charge in [-0.15, -0.1) is 0 Å². The van der Waals surface area contributed by atoms with Crippen LogP contribution in [0.3, 0.4) is 0 Å². The third kappa shape index (κ3) is 3.04. The van der Waals surface area contributed by atoms with Crippen molar-refractivity contribution in [1.29, 1.82) is 0 Å². The van der Waals surface area contributed by atoms with Crippen LogP contribution in [0.15, 0.2) is 48.5 Å². The molecule has 1 fully saturated rings. The quantitative estimate of drug-likeness (QED) is 0.921. The van der Waals surface area contributed by atoms with Gasteiger partial charge < -0.3 is 10.5 Å². The van der Waals surface area contributed by atoms with E-state index in [9.17, 15) is 0 Å². The molecule has 2 aromatic rings. The number of nitrogens with zero attached hydrogens (tertiary/aromatic N) is 1. The van der Waals surface area contributed by atoms with Gasteiger partial charge in [0, 0.05) is 11.6 Å². The van der Waals surface area contributed by atoms with E-state index in [1.165, 1.54) is 17.5 Å². The monoisotopic (exact) mass is 342 g/mol. The number of halogens is 1. The van der Waals surface area contributed by atoms with Gasteiger partial charge in [0.05, 0.1) is 6.04 Å². The Hall–Kier alpha value is -1.55. The highest BCUT2D eigenvalue weighted by Gasteiger charge is 2.40.